The molecule has 0 spiro atoms. The van der Waals surface area contributed by atoms with Gasteiger partial charge in [-0.3, -0.25) is 0 Å². The number of nitrogens with one attached hydrogen (secondary N) is 1. The second kappa shape index (κ2) is 5.54. The number of carbonyl (C=O) groups is 1. The first-order chi connectivity index (χ1) is 8.22. The lowest BCUT2D eigenvalue weighted by Gasteiger charge is -2.21. The molecule has 94 valence electrons. The van der Waals surface area contributed by atoms with Crippen molar-refractivity contribution in [3.63, 3.8) is 0 Å². The maximum Gasteiger partial charge on any atom is 0.347 e. The molecule has 6 nitrogen and oxygen atoms in total. The molecule has 0 amide bonds. The van der Waals surface area contributed by atoms with Crippen molar-refractivity contribution in [2.24, 2.45) is 0 Å². The largest absolute Gasteiger partial charge is 0.477 e. The number of thiazole rings is 1. The number of ether oxygens (including phenoxy) is 2. The van der Waals surface area contributed by atoms with Gasteiger partial charge in [-0.05, 0) is 0 Å². The van der Waals surface area contributed by atoms with Gasteiger partial charge in [-0.1, -0.05) is 0 Å². The number of carboxylic acid groups (broad SMARTS) is 1. The maximum atomic E-state index is 11.1. The highest BCUT2D eigenvalue weighted by atomic mass is 32.1. The molecule has 2 rings (SSSR count). The first kappa shape index (κ1) is 12.4. The van der Waals surface area contributed by atoms with Crippen LogP contribution in [-0.4, -0.2) is 42.9 Å². The summed E-state index contributed by atoms with van der Waals surface area (Å²) in [6.07, 6.45) is 0. The van der Waals surface area contributed by atoms with Crippen LogP contribution in [0.25, 0.3) is 0 Å². The van der Waals surface area contributed by atoms with E-state index in [1.54, 1.807) is 0 Å². The number of morpholine rings is 1. The topological polar surface area (TPSA) is 80.7 Å². The number of methoxy groups -OCH3 is 1. The fraction of sp³-hybridized carbons (Fsp3) is 0.600. The lowest BCUT2D eigenvalue weighted by molar-refractivity contribution is 0.0697. The Labute approximate surface area is 103 Å². The molecule has 1 saturated heterocycles. The Kier molecular flexibility index (Phi) is 4.06. The van der Waals surface area contributed by atoms with Crippen LogP contribution in [0.1, 0.15) is 26.4 Å². The molecule has 2 N–H and O–H groups in total. The van der Waals surface area contributed by atoms with Gasteiger partial charge in [0.1, 0.15) is 9.88 Å². The summed E-state index contributed by atoms with van der Waals surface area (Å²) in [6.45, 7) is 2.18. The highest BCUT2D eigenvalue weighted by molar-refractivity contribution is 7.13. The second-order valence-electron chi connectivity index (χ2n) is 3.65. The molecule has 0 radical (unpaired) electrons. The zero-order chi connectivity index (χ0) is 12.3. The zero-order valence-electron chi connectivity index (χ0n) is 9.43. The van der Waals surface area contributed by atoms with Crippen molar-refractivity contribution in [1.82, 2.24) is 10.3 Å². The quantitative estimate of drug-likeness (QED) is 0.825. The van der Waals surface area contributed by atoms with Gasteiger partial charge in [0, 0.05) is 13.7 Å². The summed E-state index contributed by atoms with van der Waals surface area (Å²) in [6, 6.07) is -0.0162. The van der Waals surface area contributed by atoms with Gasteiger partial charge in [0.15, 0.2) is 0 Å². The van der Waals surface area contributed by atoms with Gasteiger partial charge in [0.2, 0.25) is 0 Å². The van der Waals surface area contributed by atoms with E-state index in [1.165, 1.54) is 18.4 Å². The van der Waals surface area contributed by atoms with Crippen molar-refractivity contribution in [3.8, 4) is 0 Å². The SMILES string of the molecule is COCc1nc(C2COCCN2)sc1C(=O)O. The van der Waals surface area contributed by atoms with Gasteiger partial charge in [-0.15, -0.1) is 11.3 Å². The van der Waals surface area contributed by atoms with E-state index in [-0.39, 0.29) is 17.5 Å². The highest BCUT2D eigenvalue weighted by Crippen LogP contribution is 2.25. The van der Waals surface area contributed by atoms with Crippen LogP contribution in [0.3, 0.4) is 0 Å². The van der Waals surface area contributed by atoms with Crippen LogP contribution in [0, 0.1) is 0 Å². The van der Waals surface area contributed by atoms with Gasteiger partial charge in [0.05, 0.1) is 31.6 Å². The number of hydrogen-bond acceptors (Lipinski definition) is 6. The van der Waals surface area contributed by atoms with Crippen molar-refractivity contribution in [1.29, 1.82) is 0 Å². The van der Waals surface area contributed by atoms with Crippen LogP contribution in [-0.2, 0) is 16.1 Å². The first-order valence-corrected chi connectivity index (χ1v) is 6.07. The van der Waals surface area contributed by atoms with Crippen LogP contribution >= 0.6 is 11.3 Å². The fourth-order valence-corrected chi connectivity index (χ4v) is 2.61. The third-order valence-electron chi connectivity index (χ3n) is 2.41. The molecule has 1 aliphatic rings. The molecule has 0 aliphatic carbocycles. The molecule has 1 aromatic heterocycles. The summed E-state index contributed by atoms with van der Waals surface area (Å²) in [4.78, 5) is 15.6. The summed E-state index contributed by atoms with van der Waals surface area (Å²) in [5.41, 5.74) is 0.479. The summed E-state index contributed by atoms with van der Waals surface area (Å²) < 4.78 is 10.3. The van der Waals surface area contributed by atoms with Crippen molar-refractivity contribution >= 4 is 17.3 Å². The number of aromatic nitrogens is 1. The fourth-order valence-electron chi connectivity index (χ4n) is 1.64. The van der Waals surface area contributed by atoms with E-state index in [1.807, 2.05) is 0 Å². The van der Waals surface area contributed by atoms with E-state index >= 15 is 0 Å². The number of carboxylic acids is 1. The average Bonchev–Trinajstić information content (AvgIpc) is 2.75. The Morgan fingerprint density at radius 2 is 2.59 bits per heavy atom. The van der Waals surface area contributed by atoms with Crippen molar-refractivity contribution in [3.05, 3.63) is 15.6 Å². The molecule has 17 heavy (non-hydrogen) atoms. The third kappa shape index (κ3) is 2.81. The van der Waals surface area contributed by atoms with E-state index in [0.29, 0.717) is 18.9 Å². The molecule has 2 heterocycles. The van der Waals surface area contributed by atoms with Crippen LogP contribution in [0.2, 0.25) is 0 Å². The Bertz CT molecular complexity index is 401. The molecule has 1 atom stereocenters. The van der Waals surface area contributed by atoms with Gasteiger partial charge < -0.3 is 19.9 Å². The standard InChI is InChI=1S/C10H14N2O4S/c1-15-4-6-8(10(13)14)17-9(12-6)7-5-16-3-2-11-7/h7,11H,2-5H2,1H3,(H,13,14). The number of aromatic carboxylic acids is 1. The van der Waals surface area contributed by atoms with E-state index in [9.17, 15) is 4.79 Å². The lowest BCUT2D eigenvalue weighted by Crippen LogP contribution is -2.34. The maximum absolute atomic E-state index is 11.1. The minimum atomic E-state index is -0.961. The second-order valence-corrected chi connectivity index (χ2v) is 4.68. The number of rotatable bonds is 4. The predicted octanol–water partition coefficient (Wildman–Crippen LogP) is 0.649. The lowest BCUT2D eigenvalue weighted by atomic mass is 10.3. The zero-order valence-corrected chi connectivity index (χ0v) is 10.2. The van der Waals surface area contributed by atoms with Crippen LogP contribution < -0.4 is 5.32 Å². The summed E-state index contributed by atoms with van der Waals surface area (Å²) in [7, 11) is 1.52. The van der Waals surface area contributed by atoms with Gasteiger partial charge in [0.25, 0.3) is 0 Å². The van der Waals surface area contributed by atoms with Crippen molar-refractivity contribution in [2.45, 2.75) is 12.6 Å². The molecular formula is C10H14N2O4S. The molecule has 1 fully saturated rings. The summed E-state index contributed by atoms with van der Waals surface area (Å²) in [5.74, 6) is -0.961. The molecule has 0 bridgehead atoms. The van der Waals surface area contributed by atoms with Crippen LogP contribution in [0.4, 0.5) is 0 Å². The molecule has 1 aromatic rings. The van der Waals surface area contributed by atoms with E-state index < -0.39 is 5.97 Å². The Balaban J connectivity index is 2.22. The van der Waals surface area contributed by atoms with Crippen molar-refractivity contribution in [2.75, 3.05) is 26.9 Å². The monoisotopic (exact) mass is 258 g/mol. The molecule has 0 aromatic carbocycles. The average molecular weight is 258 g/mol. The van der Waals surface area contributed by atoms with Crippen molar-refractivity contribution < 1.29 is 19.4 Å². The smallest absolute Gasteiger partial charge is 0.347 e. The minimum Gasteiger partial charge on any atom is -0.477 e. The normalized spacial score (nSPS) is 20.4. The highest BCUT2D eigenvalue weighted by Gasteiger charge is 2.23. The summed E-state index contributed by atoms with van der Waals surface area (Å²) >= 11 is 1.18. The molecule has 7 heteroatoms. The number of hydrogen-bond donors (Lipinski definition) is 2. The van der Waals surface area contributed by atoms with Gasteiger partial charge in [-0.25, -0.2) is 9.78 Å². The van der Waals surface area contributed by atoms with E-state index in [0.717, 1.165) is 11.6 Å². The predicted molar refractivity (Wildman–Crippen MR) is 61.3 cm³/mol. The van der Waals surface area contributed by atoms with Crippen LogP contribution in [0.5, 0.6) is 0 Å². The molecular weight excluding hydrogens is 244 g/mol. The molecule has 1 aliphatic heterocycles. The Morgan fingerprint density at radius 3 is 3.18 bits per heavy atom. The van der Waals surface area contributed by atoms with E-state index in [2.05, 4.69) is 10.3 Å². The first-order valence-electron chi connectivity index (χ1n) is 5.25. The number of nitrogens with zero attached hydrogens (tertiary/aromatic N) is 1. The van der Waals surface area contributed by atoms with Gasteiger partial charge >= 0.3 is 5.97 Å². The third-order valence-corrected chi connectivity index (χ3v) is 3.61. The van der Waals surface area contributed by atoms with E-state index in [4.69, 9.17) is 14.6 Å². The Morgan fingerprint density at radius 1 is 1.76 bits per heavy atom. The molecule has 0 saturated carbocycles. The Hall–Kier alpha value is -1.02. The van der Waals surface area contributed by atoms with Gasteiger partial charge in [-0.2, -0.15) is 0 Å². The molecule has 1 unspecified atom stereocenters. The van der Waals surface area contributed by atoms with Crippen LogP contribution in [0.15, 0.2) is 0 Å². The summed E-state index contributed by atoms with van der Waals surface area (Å²) in [5, 5.41) is 13.1. The minimum absolute atomic E-state index is 0.0162.